The number of urea groups is 1. The van der Waals surface area contributed by atoms with Crippen LogP contribution in [-0.4, -0.2) is 72.9 Å². The number of carbonyl (C=O) groups is 3. The molecule has 0 aliphatic carbocycles. The average Bonchev–Trinajstić information content (AvgIpc) is 3.72. The van der Waals surface area contributed by atoms with Crippen molar-refractivity contribution in [2.45, 2.75) is 29.1 Å². The summed E-state index contributed by atoms with van der Waals surface area (Å²) in [7, 11) is -2.22. The maximum Gasteiger partial charge on any atom is 0.322 e. The molecule has 2 fully saturated rings. The molecule has 39 heavy (non-hydrogen) atoms. The summed E-state index contributed by atoms with van der Waals surface area (Å²) in [6, 6.07) is 9.46. The number of nitrogens with one attached hydrogen (secondary N) is 2. The zero-order valence-electron chi connectivity index (χ0n) is 20.9. The Morgan fingerprint density at radius 2 is 1.95 bits per heavy atom. The first kappa shape index (κ1) is 25.5. The van der Waals surface area contributed by atoms with E-state index in [9.17, 15) is 22.8 Å². The van der Waals surface area contributed by atoms with Gasteiger partial charge in [-0.15, -0.1) is 11.3 Å². The summed E-state index contributed by atoms with van der Waals surface area (Å²) in [6.45, 7) is 0.584. The predicted molar refractivity (Wildman–Crippen MR) is 138 cm³/mol. The molecule has 2 saturated heterocycles. The molecule has 12 nitrogen and oxygen atoms in total. The van der Waals surface area contributed by atoms with Gasteiger partial charge in [-0.05, 0) is 54.7 Å². The van der Waals surface area contributed by atoms with Crippen molar-refractivity contribution in [1.29, 1.82) is 0 Å². The highest BCUT2D eigenvalue weighted by Crippen LogP contribution is 2.38. The summed E-state index contributed by atoms with van der Waals surface area (Å²) in [6.07, 6.45) is 2.08. The first-order valence-corrected chi connectivity index (χ1v) is 14.6. The molecule has 0 saturated carbocycles. The molecular weight excluding hydrogens is 546 g/mol. The normalized spacial score (nSPS) is 22.2. The quantitative estimate of drug-likeness (QED) is 0.409. The van der Waals surface area contributed by atoms with Crippen molar-refractivity contribution in [3.05, 3.63) is 53.8 Å². The van der Waals surface area contributed by atoms with E-state index in [1.54, 1.807) is 48.4 Å². The SMILES string of the molecule is COc1ccc2c(c1)CN(CC1(C3CCN(S(=O)(=O)c4ccc(-c5ccon5)s4)CC3)NC(=O)NC1=O)C2=O. The van der Waals surface area contributed by atoms with Crippen LogP contribution in [-0.2, 0) is 21.4 Å². The average molecular weight is 572 g/mol. The minimum Gasteiger partial charge on any atom is -0.497 e. The molecule has 1 aromatic carbocycles. The Labute approximate surface area is 227 Å². The van der Waals surface area contributed by atoms with Crippen LogP contribution in [0.5, 0.6) is 5.75 Å². The van der Waals surface area contributed by atoms with Crippen LogP contribution in [0.4, 0.5) is 4.79 Å². The number of sulfonamides is 1. The number of aromatic nitrogens is 1. The Morgan fingerprint density at radius 1 is 1.15 bits per heavy atom. The number of imide groups is 1. The number of benzene rings is 1. The Bertz CT molecular complexity index is 1560. The zero-order chi connectivity index (χ0) is 27.4. The number of methoxy groups -OCH3 is 1. The maximum atomic E-state index is 13.4. The van der Waals surface area contributed by atoms with Gasteiger partial charge >= 0.3 is 6.03 Å². The third kappa shape index (κ3) is 4.28. The second-order valence-electron chi connectivity index (χ2n) is 9.75. The number of carbonyl (C=O) groups excluding carboxylic acids is 3. The van der Waals surface area contributed by atoms with Crippen LogP contribution in [0.1, 0.15) is 28.8 Å². The number of fused-ring (bicyclic) bond motifs is 1. The fourth-order valence-corrected chi connectivity index (χ4v) is 8.49. The van der Waals surface area contributed by atoms with Crippen molar-refractivity contribution in [3.8, 4) is 16.3 Å². The van der Waals surface area contributed by atoms with Crippen molar-refractivity contribution in [1.82, 2.24) is 25.0 Å². The van der Waals surface area contributed by atoms with Gasteiger partial charge < -0.3 is 19.5 Å². The monoisotopic (exact) mass is 571 g/mol. The number of piperidine rings is 1. The van der Waals surface area contributed by atoms with Crippen LogP contribution in [0.3, 0.4) is 0 Å². The molecule has 0 bridgehead atoms. The summed E-state index contributed by atoms with van der Waals surface area (Å²) < 4.78 is 38.5. The molecule has 5 heterocycles. The van der Waals surface area contributed by atoms with Gasteiger partial charge in [0, 0.05) is 31.3 Å². The van der Waals surface area contributed by atoms with Crippen LogP contribution in [0.15, 0.2) is 51.4 Å². The van der Waals surface area contributed by atoms with Gasteiger partial charge in [0.25, 0.3) is 21.8 Å². The van der Waals surface area contributed by atoms with Crippen molar-refractivity contribution < 1.29 is 32.1 Å². The Kier molecular flexibility index (Phi) is 6.19. The first-order chi connectivity index (χ1) is 18.7. The summed E-state index contributed by atoms with van der Waals surface area (Å²) >= 11 is 1.11. The highest BCUT2D eigenvalue weighted by atomic mass is 32.2. The summed E-state index contributed by atoms with van der Waals surface area (Å²) in [5, 5.41) is 8.97. The van der Waals surface area contributed by atoms with E-state index in [0.717, 1.165) is 16.9 Å². The van der Waals surface area contributed by atoms with E-state index in [2.05, 4.69) is 15.8 Å². The zero-order valence-corrected chi connectivity index (χ0v) is 22.5. The van der Waals surface area contributed by atoms with Crippen molar-refractivity contribution in [2.75, 3.05) is 26.7 Å². The molecule has 0 spiro atoms. The lowest BCUT2D eigenvalue weighted by molar-refractivity contribution is -0.127. The molecule has 3 aliphatic heterocycles. The molecule has 3 aromatic rings. The first-order valence-electron chi connectivity index (χ1n) is 12.3. The van der Waals surface area contributed by atoms with Crippen molar-refractivity contribution in [3.63, 3.8) is 0 Å². The van der Waals surface area contributed by atoms with Gasteiger partial charge in [0.15, 0.2) is 0 Å². The van der Waals surface area contributed by atoms with E-state index in [4.69, 9.17) is 9.26 Å². The number of nitrogens with zero attached hydrogens (tertiary/aromatic N) is 3. The lowest BCUT2D eigenvalue weighted by Crippen LogP contribution is -2.62. The smallest absolute Gasteiger partial charge is 0.322 e. The standard InChI is InChI=1S/C25H25N5O7S2/c1-36-17-2-3-18-15(12-17)13-29(22(18)31)14-25(23(32)26-24(33)27-25)16-6-9-30(10-7-16)39(34,35)21-5-4-20(38-21)19-8-11-37-28-19/h2-5,8,11-12,16H,6-7,9-10,13-14H2,1H3,(H2,26,27,32,33). The van der Waals surface area contributed by atoms with Crippen LogP contribution in [0.2, 0.25) is 0 Å². The van der Waals surface area contributed by atoms with Gasteiger partial charge in [-0.3, -0.25) is 14.9 Å². The molecule has 4 amide bonds. The summed E-state index contributed by atoms with van der Waals surface area (Å²) in [5.41, 5.74) is 0.498. The number of ether oxygens (including phenoxy) is 1. The number of rotatable bonds is 7. The molecule has 1 unspecified atom stereocenters. The largest absolute Gasteiger partial charge is 0.497 e. The van der Waals surface area contributed by atoms with Crippen molar-refractivity contribution in [2.24, 2.45) is 5.92 Å². The number of thiophene rings is 1. The Morgan fingerprint density at radius 3 is 2.62 bits per heavy atom. The van der Waals surface area contributed by atoms with E-state index in [1.165, 1.54) is 10.6 Å². The summed E-state index contributed by atoms with van der Waals surface area (Å²) in [5.74, 6) is -0.500. The van der Waals surface area contributed by atoms with E-state index < -0.39 is 27.5 Å². The maximum absolute atomic E-state index is 13.4. The minimum atomic E-state index is -3.77. The second kappa shape index (κ2) is 9.47. The second-order valence-corrected chi connectivity index (χ2v) is 13.0. The molecule has 2 N–H and O–H groups in total. The van der Waals surface area contributed by atoms with Gasteiger partial charge in [0.1, 0.15) is 27.5 Å². The van der Waals surface area contributed by atoms with Gasteiger partial charge in [-0.25, -0.2) is 13.2 Å². The third-order valence-corrected chi connectivity index (χ3v) is 11.1. The molecule has 14 heteroatoms. The number of hydrogen-bond acceptors (Lipinski definition) is 9. The fraction of sp³-hybridized carbons (Fsp3) is 0.360. The van der Waals surface area contributed by atoms with E-state index >= 15 is 0 Å². The molecule has 1 atom stereocenters. The van der Waals surface area contributed by atoms with E-state index in [0.29, 0.717) is 34.7 Å². The molecule has 204 valence electrons. The molecular formula is C25H25N5O7S2. The molecule has 2 aromatic heterocycles. The highest BCUT2D eigenvalue weighted by molar-refractivity contribution is 7.91. The lowest BCUT2D eigenvalue weighted by Gasteiger charge is -2.41. The van der Waals surface area contributed by atoms with Crippen LogP contribution < -0.4 is 15.4 Å². The van der Waals surface area contributed by atoms with Crippen LogP contribution in [0.25, 0.3) is 10.6 Å². The van der Waals surface area contributed by atoms with Crippen LogP contribution >= 0.6 is 11.3 Å². The molecule has 6 rings (SSSR count). The fourth-order valence-electron chi connectivity index (χ4n) is 5.60. The Balaban J connectivity index is 1.20. The topological polar surface area (TPSA) is 151 Å². The highest BCUT2D eigenvalue weighted by Gasteiger charge is 2.55. The van der Waals surface area contributed by atoms with Gasteiger partial charge in [-0.1, -0.05) is 5.16 Å². The predicted octanol–water partition coefficient (Wildman–Crippen LogP) is 2.05. The third-order valence-electron chi connectivity index (χ3n) is 7.62. The van der Waals surface area contributed by atoms with Gasteiger partial charge in [-0.2, -0.15) is 4.31 Å². The van der Waals surface area contributed by atoms with Crippen LogP contribution in [0, 0.1) is 5.92 Å². The number of amides is 4. The van der Waals surface area contributed by atoms with Crippen molar-refractivity contribution >= 4 is 39.2 Å². The van der Waals surface area contributed by atoms with E-state index in [1.807, 2.05) is 0 Å². The summed E-state index contributed by atoms with van der Waals surface area (Å²) in [4.78, 5) is 40.9. The molecule has 3 aliphatic rings. The van der Waals surface area contributed by atoms with Gasteiger partial charge in [0.2, 0.25) is 0 Å². The minimum absolute atomic E-state index is 0.0240. The Hall–Kier alpha value is -3.75. The van der Waals surface area contributed by atoms with E-state index in [-0.39, 0.29) is 42.2 Å². The number of hydrogen-bond donors (Lipinski definition) is 2. The molecule has 0 radical (unpaired) electrons. The lowest BCUT2D eigenvalue weighted by atomic mass is 9.77. The van der Waals surface area contributed by atoms with Gasteiger partial charge in [0.05, 0.1) is 18.5 Å².